The highest BCUT2D eigenvalue weighted by molar-refractivity contribution is 6.01. The standard InChI is InChI=1S/C21H19NO4/c1-25-17-9-13(10-18(26-2)21(17)24)15-11-19(23)22-16-8-7-12-5-3-4-6-14(12)20(15)16/h3-10,15,24H,11H2,1-2H3,(H,22,23). The third-order valence-corrected chi connectivity index (χ3v) is 4.89. The average Bonchev–Trinajstić information content (AvgIpc) is 2.67. The van der Waals surface area contributed by atoms with Crippen molar-refractivity contribution in [3.05, 3.63) is 59.7 Å². The van der Waals surface area contributed by atoms with Crippen LogP contribution in [0.1, 0.15) is 23.5 Å². The number of fused-ring (bicyclic) bond motifs is 3. The number of ether oxygens (including phenoxy) is 2. The van der Waals surface area contributed by atoms with E-state index in [-0.39, 0.29) is 17.6 Å². The SMILES string of the molecule is COc1cc(C2CC(=O)Nc3ccc4ccccc4c32)cc(OC)c1O. The zero-order valence-electron chi connectivity index (χ0n) is 14.6. The number of carbonyl (C=O) groups excluding carboxylic acids is 1. The lowest BCUT2D eigenvalue weighted by molar-refractivity contribution is -0.116. The molecule has 26 heavy (non-hydrogen) atoms. The number of amides is 1. The minimum atomic E-state index is -0.159. The third-order valence-electron chi connectivity index (χ3n) is 4.89. The number of phenolic OH excluding ortho intramolecular Hbond substituents is 1. The number of benzene rings is 3. The smallest absolute Gasteiger partial charge is 0.225 e. The minimum absolute atomic E-state index is 0.0382. The molecule has 132 valence electrons. The van der Waals surface area contributed by atoms with Crippen LogP contribution in [0.5, 0.6) is 17.2 Å². The van der Waals surface area contributed by atoms with E-state index in [2.05, 4.69) is 17.4 Å². The van der Waals surface area contributed by atoms with Crippen molar-refractivity contribution < 1.29 is 19.4 Å². The molecule has 0 fully saturated rings. The molecule has 3 aromatic carbocycles. The second-order valence-corrected chi connectivity index (χ2v) is 6.33. The molecule has 0 saturated heterocycles. The quantitative estimate of drug-likeness (QED) is 0.749. The van der Waals surface area contributed by atoms with Crippen LogP contribution in [0.15, 0.2) is 48.5 Å². The molecule has 1 heterocycles. The third kappa shape index (κ3) is 2.52. The van der Waals surface area contributed by atoms with Gasteiger partial charge in [-0.25, -0.2) is 0 Å². The van der Waals surface area contributed by atoms with Gasteiger partial charge in [-0.3, -0.25) is 4.79 Å². The summed E-state index contributed by atoms with van der Waals surface area (Å²) in [5, 5.41) is 15.4. The highest BCUT2D eigenvalue weighted by Crippen LogP contribution is 2.46. The maximum Gasteiger partial charge on any atom is 0.225 e. The molecule has 1 aliphatic heterocycles. The summed E-state index contributed by atoms with van der Waals surface area (Å²) in [6.45, 7) is 0. The molecule has 1 amide bonds. The molecular weight excluding hydrogens is 330 g/mol. The van der Waals surface area contributed by atoms with Crippen LogP contribution in [0, 0.1) is 0 Å². The van der Waals surface area contributed by atoms with Gasteiger partial charge in [-0.1, -0.05) is 30.3 Å². The molecular formula is C21H19NO4. The maximum absolute atomic E-state index is 12.3. The van der Waals surface area contributed by atoms with Crippen molar-refractivity contribution in [3.8, 4) is 17.2 Å². The first-order valence-corrected chi connectivity index (χ1v) is 8.38. The van der Waals surface area contributed by atoms with E-state index in [1.807, 2.05) is 24.3 Å². The molecule has 1 aliphatic rings. The minimum Gasteiger partial charge on any atom is -0.502 e. The largest absolute Gasteiger partial charge is 0.502 e. The molecule has 4 rings (SSSR count). The number of hydrogen-bond acceptors (Lipinski definition) is 4. The lowest BCUT2D eigenvalue weighted by Crippen LogP contribution is -2.23. The second-order valence-electron chi connectivity index (χ2n) is 6.33. The van der Waals surface area contributed by atoms with Crippen LogP contribution >= 0.6 is 0 Å². The second kappa shape index (κ2) is 6.26. The molecule has 1 unspecified atom stereocenters. The van der Waals surface area contributed by atoms with Crippen molar-refractivity contribution in [2.75, 3.05) is 19.5 Å². The Kier molecular flexibility index (Phi) is 3.92. The van der Waals surface area contributed by atoms with Gasteiger partial charge in [0.25, 0.3) is 0 Å². The predicted molar refractivity (Wildman–Crippen MR) is 100 cm³/mol. The molecule has 2 N–H and O–H groups in total. The summed E-state index contributed by atoms with van der Waals surface area (Å²) in [7, 11) is 2.99. The molecule has 0 spiro atoms. The predicted octanol–water partition coefficient (Wildman–Crippen LogP) is 4.04. The topological polar surface area (TPSA) is 67.8 Å². The van der Waals surface area contributed by atoms with E-state index < -0.39 is 0 Å². The molecule has 0 bridgehead atoms. The molecule has 0 saturated carbocycles. The first kappa shape index (κ1) is 16.3. The Hall–Kier alpha value is -3.21. The van der Waals surface area contributed by atoms with E-state index in [0.29, 0.717) is 17.9 Å². The fourth-order valence-electron chi connectivity index (χ4n) is 3.67. The van der Waals surface area contributed by atoms with Crippen LogP contribution < -0.4 is 14.8 Å². The molecule has 0 aliphatic carbocycles. The summed E-state index contributed by atoms with van der Waals surface area (Å²) in [4.78, 5) is 12.3. The van der Waals surface area contributed by atoms with Crippen LogP contribution in [0.4, 0.5) is 5.69 Å². The normalized spacial score (nSPS) is 16.1. The molecule has 1 atom stereocenters. The zero-order valence-corrected chi connectivity index (χ0v) is 14.6. The summed E-state index contributed by atoms with van der Waals surface area (Å²) in [6.07, 6.45) is 0.318. The maximum atomic E-state index is 12.3. The van der Waals surface area contributed by atoms with Crippen molar-refractivity contribution >= 4 is 22.4 Å². The van der Waals surface area contributed by atoms with E-state index in [0.717, 1.165) is 27.6 Å². The number of aromatic hydroxyl groups is 1. The van der Waals surface area contributed by atoms with Crippen molar-refractivity contribution in [2.45, 2.75) is 12.3 Å². The van der Waals surface area contributed by atoms with E-state index in [1.54, 1.807) is 12.1 Å². The van der Waals surface area contributed by atoms with Gasteiger partial charge in [0.15, 0.2) is 11.5 Å². The van der Waals surface area contributed by atoms with Gasteiger partial charge in [0, 0.05) is 18.0 Å². The Labute approximate surface area is 151 Å². The Bertz CT molecular complexity index is 987. The molecule has 5 heteroatoms. The number of carbonyl (C=O) groups is 1. The molecule has 0 aromatic heterocycles. The number of nitrogens with one attached hydrogen (secondary N) is 1. The summed E-state index contributed by atoms with van der Waals surface area (Å²) in [5.74, 6) is 0.411. The lowest BCUT2D eigenvalue weighted by atomic mass is 9.82. The van der Waals surface area contributed by atoms with Gasteiger partial charge >= 0.3 is 0 Å². The Balaban J connectivity index is 1.97. The Morgan fingerprint density at radius 1 is 1.04 bits per heavy atom. The highest BCUT2D eigenvalue weighted by atomic mass is 16.5. The fourth-order valence-corrected chi connectivity index (χ4v) is 3.67. The van der Waals surface area contributed by atoms with Crippen molar-refractivity contribution in [3.63, 3.8) is 0 Å². The fraction of sp³-hybridized carbons (Fsp3) is 0.190. The van der Waals surface area contributed by atoms with Crippen LogP contribution in [-0.4, -0.2) is 25.2 Å². The Morgan fingerprint density at radius 3 is 2.42 bits per heavy atom. The van der Waals surface area contributed by atoms with E-state index in [4.69, 9.17) is 9.47 Å². The van der Waals surface area contributed by atoms with Crippen LogP contribution in [0.25, 0.3) is 10.8 Å². The van der Waals surface area contributed by atoms with Crippen LogP contribution in [-0.2, 0) is 4.79 Å². The van der Waals surface area contributed by atoms with Crippen molar-refractivity contribution in [1.82, 2.24) is 0 Å². The summed E-state index contributed by atoms with van der Waals surface area (Å²) < 4.78 is 10.6. The van der Waals surface area contributed by atoms with Crippen molar-refractivity contribution in [1.29, 1.82) is 0 Å². The summed E-state index contributed by atoms with van der Waals surface area (Å²) >= 11 is 0. The van der Waals surface area contributed by atoms with Crippen LogP contribution in [0.2, 0.25) is 0 Å². The monoisotopic (exact) mass is 349 g/mol. The molecule has 0 radical (unpaired) electrons. The van der Waals surface area contributed by atoms with Gasteiger partial charge in [-0.15, -0.1) is 0 Å². The van der Waals surface area contributed by atoms with E-state index in [1.165, 1.54) is 14.2 Å². The van der Waals surface area contributed by atoms with Gasteiger partial charge in [-0.05, 0) is 40.1 Å². The number of methoxy groups -OCH3 is 2. The zero-order chi connectivity index (χ0) is 18.3. The summed E-state index contributed by atoms with van der Waals surface area (Å²) in [5.41, 5.74) is 2.75. The van der Waals surface area contributed by atoms with E-state index in [9.17, 15) is 9.90 Å². The Morgan fingerprint density at radius 2 is 1.73 bits per heavy atom. The highest BCUT2D eigenvalue weighted by Gasteiger charge is 2.29. The number of hydrogen-bond donors (Lipinski definition) is 2. The van der Waals surface area contributed by atoms with E-state index >= 15 is 0 Å². The van der Waals surface area contributed by atoms with Gasteiger partial charge < -0.3 is 19.9 Å². The van der Waals surface area contributed by atoms with Gasteiger partial charge in [0.05, 0.1) is 14.2 Å². The molecule has 5 nitrogen and oxygen atoms in total. The summed E-state index contributed by atoms with van der Waals surface area (Å²) in [6, 6.07) is 15.6. The molecule has 3 aromatic rings. The lowest BCUT2D eigenvalue weighted by Gasteiger charge is -2.28. The van der Waals surface area contributed by atoms with Gasteiger partial charge in [0.2, 0.25) is 11.7 Å². The first-order valence-electron chi connectivity index (χ1n) is 8.38. The number of rotatable bonds is 3. The van der Waals surface area contributed by atoms with Crippen LogP contribution in [0.3, 0.4) is 0 Å². The van der Waals surface area contributed by atoms with Gasteiger partial charge in [-0.2, -0.15) is 0 Å². The van der Waals surface area contributed by atoms with Gasteiger partial charge in [0.1, 0.15) is 0 Å². The average molecular weight is 349 g/mol. The van der Waals surface area contributed by atoms with Crippen molar-refractivity contribution in [2.24, 2.45) is 0 Å². The number of anilines is 1. The number of phenols is 1. The first-order chi connectivity index (χ1) is 12.6.